The van der Waals surface area contributed by atoms with E-state index in [-0.39, 0.29) is 5.56 Å². The van der Waals surface area contributed by atoms with Crippen molar-refractivity contribution in [1.29, 1.82) is 0 Å². The number of hydrogen-bond acceptors (Lipinski definition) is 4. The first-order valence-electron chi connectivity index (χ1n) is 6.50. The van der Waals surface area contributed by atoms with Crippen molar-refractivity contribution in [3.8, 4) is 17.3 Å². The third-order valence-electron chi connectivity index (χ3n) is 3.02. The molecule has 0 bridgehead atoms. The van der Waals surface area contributed by atoms with Gasteiger partial charge >= 0.3 is 5.97 Å². The van der Waals surface area contributed by atoms with Crippen LogP contribution in [-0.4, -0.2) is 32.6 Å². The Kier molecular flexibility index (Phi) is 3.27. The van der Waals surface area contributed by atoms with Gasteiger partial charge < -0.3 is 14.8 Å². The highest BCUT2D eigenvalue weighted by Crippen LogP contribution is 2.21. The molecule has 2 heterocycles. The lowest BCUT2D eigenvalue weighted by atomic mass is 10.1. The topological polar surface area (TPSA) is 88.1 Å². The second-order valence-electron chi connectivity index (χ2n) is 4.42. The molecule has 3 rings (SSSR count). The fourth-order valence-corrected chi connectivity index (χ4v) is 2.01. The summed E-state index contributed by atoms with van der Waals surface area (Å²) in [5, 5.41) is 8.89. The van der Waals surface area contributed by atoms with E-state index in [1.165, 1.54) is 0 Å². The average molecular weight is 283 g/mol. The molecule has 6 heteroatoms. The summed E-state index contributed by atoms with van der Waals surface area (Å²) in [6, 6.07) is 10.2. The van der Waals surface area contributed by atoms with Crippen LogP contribution in [0.1, 0.15) is 17.3 Å². The number of aromatic amines is 1. The summed E-state index contributed by atoms with van der Waals surface area (Å²) < 4.78 is 5.34. The van der Waals surface area contributed by atoms with E-state index in [9.17, 15) is 4.79 Å². The molecule has 0 saturated heterocycles. The van der Waals surface area contributed by atoms with Gasteiger partial charge in [0.2, 0.25) is 5.88 Å². The van der Waals surface area contributed by atoms with Crippen LogP contribution in [0, 0.1) is 0 Å². The SMILES string of the molecule is CCOc1ccc2[nH]c(-c3ccc(C(=O)O)cc3)nc2n1. The Morgan fingerprint density at radius 3 is 2.62 bits per heavy atom. The van der Waals surface area contributed by atoms with Gasteiger partial charge in [0.1, 0.15) is 5.82 Å². The minimum absolute atomic E-state index is 0.242. The normalized spacial score (nSPS) is 10.7. The number of carboxylic acids is 1. The van der Waals surface area contributed by atoms with Crippen LogP contribution in [0.15, 0.2) is 36.4 Å². The molecular formula is C15H13N3O3. The molecule has 6 nitrogen and oxygen atoms in total. The molecule has 0 fully saturated rings. The monoisotopic (exact) mass is 283 g/mol. The minimum Gasteiger partial charge on any atom is -0.478 e. The molecule has 0 amide bonds. The van der Waals surface area contributed by atoms with Crippen molar-refractivity contribution < 1.29 is 14.6 Å². The molecule has 3 aromatic rings. The van der Waals surface area contributed by atoms with E-state index in [1.807, 2.05) is 13.0 Å². The van der Waals surface area contributed by atoms with Crippen molar-refractivity contribution in [3.63, 3.8) is 0 Å². The Morgan fingerprint density at radius 1 is 1.19 bits per heavy atom. The molecule has 0 saturated carbocycles. The molecule has 1 aromatic carbocycles. The Hall–Kier alpha value is -2.89. The minimum atomic E-state index is -0.950. The first kappa shape index (κ1) is 13.1. The fraction of sp³-hybridized carbons (Fsp3) is 0.133. The zero-order valence-corrected chi connectivity index (χ0v) is 11.3. The number of carboxylic acid groups (broad SMARTS) is 1. The molecule has 106 valence electrons. The van der Waals surface area contributed by atoms with E-state index in [0.29, 0.717) is 24.0 Å². The number of rotatable bonds is 4. The van der Waals surface area contributed by atoms with Gasteiger partial charge in [0.15, 0.2) is 5.65 Å². The van der Waals surface area contributed by atoms with Gasteiger partial charge in [-0.2, -0.15) is 4.98 Å². The van der Waals surface area contributed by atoms with Crippen molar-refractivity contribution >= 4 is 17.1 Å². The number of imidazole rings is 1. The number of aromatic carboxylic acids is 1. The number of nitrogens with one attached hydrogen (secondary N) is 1. The van der Waals surface area contributed by atoms with Crippen molar-refractivity contribution in [3.05, 3.63) is 42.0 Å². The van der Waals surface area contributed by atoms with Crippen LogP contribution >= 0.6 is 0 Å². The quantitative estimate of drug-likeness (QED) is 0.768. The standard InChI is InChI=1S/C15H13N3O3/c1-2-21-12-8-7-11-14(17-12)18-13(16-11)9-3-5-10(6-4-9)15(19)20/h3-8H,2H2,1H3,(H,19,20)(H,16,17,18). The molecule has 0 spiro atoms. The molecule has 0 radical (unpaired) electrons. The first-order chi connectivity index (χ1) is 10.2. The van der Waals surface area contributed by atoms with Gasteiger partial charge in [-0.15, -0.1) is 0 Å². The van der Waals surface area contributed by atoms with Crippen LogP contribution in [0.4, 0.5) is 0 Å². The number of benzene rings is 1. The molecule has 2 aromatic heterocycles. The Labute approximate surface area is 120 Å². The summed E-state index contributed by atoms with van der Waals surface area (Å²) in [7, 11) is 0. The lowest BCUT2D eigenvalue weighted by Gasteiger charge is -1.99. The van der Waals surface area contributed by atoms with E-state index < -0.39 is 5.97 Å². The van der Waals surface area contributed by atoms with E-state index in [1.54, 1.807) is 30.3 Å². The number of fused-ring (bicyclic) bond motifs is 1. The molecular weight excluding hydrogens is 270 g/mol. The maximum absolute atomic E-state index is 10.8. The van der Waals surface area contributed by atoms with Gasteiger partial charge in [-0.3, -0.25) is 0 Å². The summed E-state index contributed by atoms with van der Waals surface area (Å²) in [4.78, 5) is 22.7. The van der Waals surface area contributed by atoms with Crippen LogP contribution in [0.5, 0.6) is 5.88 Å². The summed E-state index contributed by atoms with van der Waals surface area (Å²) >= 11 is 0. The predicted octanol–water partition coefficient (Wildman–Crippen LogP) is 2.72. The van der Waals surface area contributed by atoms with Crippen molar-refractivity contribution in [2.24, 2.45) is 0 Å². The molecule has 0 aliphatic rings. The summed E-state index contributed by atoms with van der Waals surface area (Å²) in [5.41, 5.74) is 2.41. The van der Waals surface area contributed by atoms with E-state index in [2.05, 4.69) is 15.0 Å². The fourth-order valence-electron chi connectivity index (χ4n) is 2.01. The molecule has 0 atom stereocenters. The van der Waals surface area contributed by atoms with Gasteiger partial charge in [0, 0.05) is 11.6 Å². The molecule has 21 heavy (non-hydrogen) atoms. The third-order valence-corrected chi connectivity index (χ3v) is 3.02. The predicted molar refractivity (Wildman–Crippen MR) is 77.5 cm³/mol. The van der Waals surface area contributed by atoms with E-state index in [4.69, 9.17) is 9.84 Å². The van der Waals surface area contributed by atoms with Crippen LogP contribution in [0.2, 0.25) is 0 Å². The number of carbonyl (C=O) groups is 1. The maximum Gasteiger partial charge on any atom is 0.335 e. The van der Waals surface area contributed by atoms with Gasteiger partial charge in [0.25, 0.3) is 0 Å². The number of pyridine rings is 1. The van der Waals surface area contributed by atoms with Gasteiger partial charge in [-0.1, -0.05) is 12.1 Å². The molecule has 0 aliphatic carbocycles. The van der Waals surface area contributed by atoms with Crippen molar-refractivity contribution in [2.45, 2.75) is 6.92 Å². The summed E-state index contributed by atoms with van der Waals surface area (Å²) in [5.74, 6) is 0.224. The maximum atomic E-state index is 10.8. The second-order valence-corrected chi connectivity index (χ2v) is 4.42. The van der Waals surface area contributed by atoms with Crippen LogP contribution in [0.3, 0.4) is 0 Å². The highest BCUT2D eigenvalue weighted by molar-refractivity contribution is 5.88. The number of ether oxygens (including phenoxy) is 1. The van der Waals surface area contributed by atoms with Crippen molar-refractivity contribution in [2.75, 3.05) is 6.61 Å². The van der Waals surface area contributed by atoms with Crippen LogP contribution in [-0.2, 0) is 0 Å². The van der Waals surface area contributed by atoms with Crippen LogP contribution < -0.4 is 4.74 Å². The largest absolute Gasteiger partial charge is 0.478 e. The Bertz CT molecular complexity index is 794. The number of nitrogens with zero attached hydrogens (tertiary/aromatic N) is 2. The molecule has 0 unspecified atom stereocenters. The van der Waals surface area contributed by atoms with Gasteiger partial charge in [0.05, 0.1) is 17.7 Å². The van der Waals surface area contributed by atoms with Gasteiger partial charge in [-0.05, 0) is 25.1 Å². The molecule has 0 aliphatic heterocycles. The molecule has 2 N–H and O–H groups in total. The number of H-pyrrole nitrogens is 1. The number of aromatic nitrogens is 3. The van der Waals surface area contributed by atoms with E-state index in [0.717, 1.165) is 11.1 Å². The lowest BCUT2D eigenvalue weighted by molar-refractivity contribution is 0.0697. The van der Waals surface area contributed by atoms with Gasteiger partial charge in [-0.25, -0.2) is 9.78 Å². The van der Waals surface area contributed by atoms with Crippen LogP contribution in [0.25, 0.3) is 22.6 Å². The highest BCUT2D eigenvalue weighted by atomic mass is 16.5. The smallest absolute Gasteiger partial charge is 0.335 e. The highest BCUT2D eigenvalue weighted by Gasteiger charge is 2.09. The zero-order chi connectivity index (χ0) is 14.8. The second kappa shape index (κ2) is 5.24. The number of hydrogen-bond donors (Lipinski definition) is 2. The summed E-state index contributed by atoms with van der Waals surface area (Å²) in [6.07, 6.45) is 0. The Balaban J connectivity index is 1.98. The summed E-state index contributed by atoms with van der Waals surface area (Å²) in [6.45, 7) is 2.44. The first-order valence-corrected chi connectivity index (χ1v) is 6.50. The average Bonchev–Trinajstić information content (AvgIpc) is 2.91. The van der Waals surface area contributed by atoms with Crippen molar-refractivity contribution in [1.82, 2.24) is 15.0 Å². The zero-order valence-electron chi connectivity index (χ0n) is 11.3. The lowest BCUT2D eigenvalue weighted by Crippen LogP contribution is -1.95. The van der Waals surface area contributed by atoms with E-state index >= 15 is 0 Å². The Morgan fingerprint density at radius 2 is 1.95 bits per heavy atom. The third kappa shape index (κ3) is 2.55.